The number of ether oxygens (including phenoxy) is 1. The quantitative estimate of drug-likeness (QED) is 0.677. The van der Waals surface area contributed by atoms with Crippen molar-refractivity contribution in [3.05, 3.63) is 23.8 Å². The van der Waals surface area contributed by atoms with Crippen LogP contribution in [0.15, 0.2) is 18.2 Å². The molecule has 0 heterocycles. The van der Waals surface area contributed by atoms with Gasteiger partial charge in [-0.2, -0.15) is 0 Å². The van der Waals surface area contributed by atoms with E-state index in [1.54, 1.807) is 19.2 Å². The lowest BCUT2D eigenvalue weighted by Gasteiger charge is -2.11. The first-order valence-electron chi connectivity index (χ1n) is 5.92. The topological polar surface area (TPSA) is 61.7 Å². The Labute approximate surface area is 102 Å². The molecule has 0 bridgehead atoms. The molecule has 0 aliphatic carbocycles. The van der Waals surface area contributed by atoms with E-state index in [0.29, 0.717) is 18.8 Å². The molecule has 0 amide bonds. The summed E-state index contributed by atoms with van der Waals surface area (Å²) < 4.78 is 5.00. The third-order valence-electron chi connectivity index (χ3n) is 2.61. The molecule has 0 fully saturated rings. The minimum Gasteiger partial charge on any atom is -0.507 e. The molecule has 4 nitrogen and oxygen atoms in total. The van der Waals surface area contributed by atoms with Crippen LogP contribution in [0.2, 0.25) is 0 Å². The van der Waals surface area contributed by atoms with E-state index in [0.717, 1.165) is 18.4 Å². The fourth-order valence-corrected chi connectivity index (χ4v) is 1.63. The summed E-state index contributed by atoms with van der Waals surface area (Å²) in [6.45, 7) is 3.12. The van der Waals surface area contributed by atoms with Crippen LogP contribution in [-0.2, 0) is 6.54 Å². The van der Waals surface area contributed by atoms with Gasteiger partial charge in [0.05, 0.1) is 13.2 Å². The van der Waals surface area contributed by atoms with Crippen LogP contribution in [-0.4, -0.2) is 30.0 Å². The predicted molar refractivity (Wildman–Crippen MR) is 67.3 cm³/mol. The van der Waals surface area contributed by atoms with E-state index in [1.807, 2.05) is 13.0 Å². The van der Waals surface area contributed by atoms with Crippen molar-refractivity contribution < 1.29 is 14.9 Å². The second kappa shape index (κ2) is 7.14. The number of aromatic hydroxyl groups is 1. The van der Waals surface area contributed by atoms with Crippen LogP contribution >= 0.6 is 0 Å². The molecular formula is C13H21NO3. The van der Waals surface area contributed by atoms with Gasteiger partial charge in [-0.05, 0) is 12.5 Å². The Morgan fingerprint density at radius 1 is 1.41 bits per heavy atom. The molecule has 96 valence electrons. The summed E-state index contributed by atoms with van der Waals surface area (Å²) in [7, 11) is 1.56. The lowest BCUT2D eigenvalue weighted by atomic mass is 10.1. The summed E-state index contributed by atoms with van der Waals surface area (Å²) in [6.07, 6.45) is 1.44. The summed E-state index contributed by atoms with van der Waals surface area (Å²) in [5, 5.41) is 22.4. The van der Waals surface area contributed by atoms with Gasteiger partial charge in [-0.15, -0.1) is 0 Å². The Bertz CT molecular complexity index is 341. The van der Waals surface area contributed by atoms with Crippen molar-refractivity contribution in [2.24, 2.45) is 0 Å². The van der Waals surface area contributed by atoms with Crippen LogP contribution < -0.4 is 10.1 Å². The SMILES string of the molecule is CCCC(O)CNCc1ccc(OC)cc1O. The second-order valence-electron chi connectivity index (χ2n) is 4.07. The van der Waals surface area contributed by atoms with Gasteiger partial charge in [-0.1, -0.05) is 19.4 Å². The van der Waals surface area contributed by atoms with Gasteiger partial charge in [0.2, 0.25) is 0 Å². The third-order valence-corrected chi connectivity index (χ3v) is 2.61. The molecule has 0 aliphatic heterocycles. The van der Waals surface area contributed by atoms with Crippen molar-refractivity contribution in [3.8, 4) is 11.5 Å². The van der Waals surface area contributed by atoms with Gasteiger partial charge in [-0.3, -0.25) is 0 Å². The molecule has 0 spiro atoms. The zero-order chi connectivity index (χ0) is 12.7. The lowest BCUT2D eigenvalue weighted by molar-refractivity contribution is 0.160. The molecule has 1 aromatic carbocycles. The van der Waals surface area contributed by atoms with Crippen molar-refractivity contribution in [2.75, 3.05) is 13.7 Å². The van der Waals surface area contributed by atoms with Crippen molar-refractivity contribution >= 4 is 0 Å². The molecule has 4 heteroatoms. The molecule has 1 rings (SSSR count). The van der Waals surface area contributed by atoms with E-state index in [2.05, 4.69) is 5.32 Å². The fraction of sp³-hybridized carbons (Fsp3) is 0.538. The maximum atomic E-state index is 9.71. The van der Waals surface area contributed by atoms with Crippen molar-refractivity contribution in [2.45, 2.75) is 32.4 Å². The number of phenolic OH excluding ortho intramolecular Hbond substituents is 1. The Hall–Kier alpha value is -1.26. The average Bonchev–Trinajstić information content (AvgIpc) is 2.31. The van der Waals surface area contributed by atoms with Gasteiger partial charge in [0.15, 0.2) is 0 Å². The molecular weight excluding hydrogens is 218 g/mol. The molecule has 1 atom stereocenters. The van der Waals surface area contributed by atoms with Gasteiger partial charge >= 0.3 is 0 Å². The normalized spacial score (nSPS) is 12.4. The zero-order valence-corrected chi connectivity index (χ0v) is 10.4. The number of benzene rings is 1. The molecule has 0 aliphatic rings. The molecule has 0 radical (unpaired) electrons. The molecule has 3 N–H and O–H groups in total. The molecule has 1 unspecified atom stereocenters. The highest BCUT2D eigenvalue weighted by molar-refractivity contribution is 5.39. The van der Waals surface area contributed by atoms with E-state index in [4.69, 9.17) is 4.74 Å². The van der Waals surface area contributed by atoms with Crippen LogP contribution in [0.5, 0.6) is 11.5 Å². The second-order valence-corrected chi connectivity index (χ2v) is 4.07. The summed E-state index contributed by atoms with van der Waals surface area (Å²) in [4.78, 5) is 0. The molecule has 0 saturated heterocycles. The standard InChI is InChI=1S/C13H21NO3/c1-3-4-11(15)9-14-8-10-5-6-12(17-2)7-13(10)16/h5-7,11,14-16H,3-4,8-9H2,1-2H3. The van der Waals surface area contributed by atoms with Gasteiger partial charge < -0.3 is 20.3 Å². The number of aliphatic hydroxyl groups is 1. The summed E-state index contributed by atoms with van der Waals surface area (Å²) in [5.41, 5.74) is 0.800. The first-order valence-corrected chi connectivity index (χ1v) is 5.92. The highest BCUT2D eigenvalue weighted by Gasteiger charge is 2.05. The summed E-state index contributed by atoms with van der Waals surface area (Å²) >= 11 is 0. The number of methoxy groups -OCH3 is 1. The highest BCUT2D eigenvalue weighted by atomic mass is 16.5. The predicted octanol–water partition coefficient (Wildman–Crippen LogP) is 1.65. The minimum atomic E-state index is -0.319. The third kappa shape index (κ3) is 4.63. The Morgan fingerprint density at radius 3 is 2.76 bits per heavy atom. The van der Waals surface area contributed by atoms with Gasteiger partial charge in [0, 0.05) is 24.7 Å². The average molecular weight is 239 g/mol. The fourth-order valence-electron chi connectivity index (χ4n) is 1.63. The largest absolute Gasteiger partial charge is 0.507 e. The van der Waals surface area contributed by atoms with Crippen LogP contribution in [0, 0.1) is 0 Å². The van der Waals surface area contributed by atoms with Gasteiger partial charge in [0.1, 0.15) is 11.5 Å². The van der Waals surface area contributed by atoms with Gasteiger partial charge in [-0.25, -0.2) is 0 Å². The molecule has 17 heavy (non-hydrogen) atoms. The zero-order valence-electron chi connectivity index (χ0n) is 10.4. The molecule has 0 saturated carbocycles. The summed E-state index contributed by atoms with van der Waals surface area (Å²) in [6, 6.07) is 5.20. The maximum absolute atomic E-state index is 9.71. The van der Waals surface area contributed by atoms with E-state index in [-0.39, 0.29) is 11.9 Å². The highest BCUT2D eigenvalue weighted by Crippen LogP contribution is 2.22. The van der Waals surface area contributed by atoms with E-state index < -0.39 is 0 Å². The number of hydrogen-bond acceptors (Lipinski definition) is 4. The van der Waals surface area contributed by atoms with Crippen molar-refractivity contribution in [3.63, 3.8) is 0 Å². The number of rotatable bonds is 7. The molecule has 1 aromatic rings. The van der Waals surface area contributed by atoms with E-state index in [9.17, 15) is 10.2 Å². The first kappa shape index (κ1) is 13.8. The van der Waals surface area contributed by atoms with E-state index >= 15 is 0 Å². The van der Waals surface area contributed by atoms with E-state index in [1.165, 1.54) is 0 Å². The van der Waals surface area contributed by atoms with Crippen LogP contribution in [0.25, 0.3) is 0 Å². The summed E-state index contributed by atoms with van der Waals surface area (Å²) in [5.74, 6) is 0.846. The number of phenols is 1. The van der Waals surface area contributed by atoms with Gasteiger partial charge in [0.25, 0.3) is 0 Å². The van der Waals surface area contributed by atoms with Crippen LogP contribution in [0.1, 0.15) is 25.3 Å². The number of hydrogen-bond donors (Lipinski definition) is 3. The molecule has 0 aromatic heterocycles. The van der Waals surface area contributed by atoms with Crippen LogP contribution in [0.3, 0.4) is 0 Å². The minimum absolute atomic E-state index is 0.210. The Kier molecular flexibility index (Phi) is 5.80. The monoisotopic (exact) mass is 239 g/mol. The van der Waals surface area contributed by atoms with Crippen molar-refractivity contribution in [1.29, 1.82) is 0 Å². The first-order chi connectivity index (χ1) is 8.17. The number of aliphatic hydroxyl groups excluding tert-OH is 1. The smallest absolute Gasteiger partial charge is 0.123 e. The lowest BCUT2D eigenvalue weighted by Crippen LogP contribution is -2.26. The maximum Gasteiger partial charge on any atom is 0.123 e. The van der Waals surface area contributed by atoms with Crippen LogP contribution in [0.4, 0.5) is 0 Å². The Morgan fingerprint density at radius 2 is 2.18 bits per heavy atom. The number of nitrogens with one attached hydrogen (secondary N) is 1. The Balaban J connectivity index is 2.41. The van der Waals surface area contributed by atoms with Crippen molar-refractivity contribution in [1.82, 2.24) is 5.32 Å².